The zero-order chi connectivity index (χ0) is 16.6. The number of allylic oxidation sites excluding steroid dienone is 2. The van der Waals surface area contributed by atoms with Gasteiger partial charge in [-0.15, -0.1) is 0 Å². The molecule has 1 unspecified atom stereocenters. The Labute approximate surface area is 146 Å². The standard InChI is InChI=1S/C18H20Cl2O3/c1-2-4-18-5-3-12(22)9-13(18)15-11(10-18)8-14(23-7-6-21)16(19)17(15)20/h8-9,21H,2-7,10H2,1H3. The number of fused-ring (bicyclic) bond motifs is 3. The predicted molar refractivity (Wildman–Crippen MR) is 92.3 cm³/mol. The van der Waals surface area contributed by atoms with E-state index in [0.29, 0.717) is 22.2 Å². The van der Waals surface area contributed by atoms with Crippen molar-refractivity contribution in [2.45, 2.75) is 39.0 Å². The van der Waals surface area contributed by atoms with Gasteiger partial charge in [-0.2, -0.15) is 0 Å². The molecule has 23 heavy (non-hydrogen) atoms. The van der Waals surface area contributed by atoms with E-state index in [1.165, 1.54) is 0 Å². The maximum atomic E-state index is 12.0. The molecule has 0 radical (unpaired) electrons. The molecule has 1 atom stereocenters. The molecule has 0 spiro atoms. The largest absolute Gasteiger partial charge is 0.490 e. The minimum Gasteiger partial charge on any atom is -0.490 e. The fourth-order valence-electron chi connectivity index (χ4n) is 3.94. The van der Waals surface area contributed by atoms with Crippen molar-refractivity contribution in [1.82, 2.24) is 0 Å². The summed E-state index contributed by atoms with van der Waals surface area (Å²) in [6, 6.07) is 1.92. The molecule has 2 aliphatic carbocycles. The summed E-state index contributed by atoms with van der Waals surface area (Å²) in [7, 11) is 0. The van der Waals surface area contributed by atoms with Gasteiger partial charge in [0.2, 0.25) is 0 Å². The number of rotatable bonds is 5. The van der Waals surface area contributed by atoms with Gasteiger partial charge in [-0.1, -0.05) is 36.5 Å². The van der Waals surface area contributed by atoms with E-state index < -0.39 is 0 Å². The summed E-state index contributed by atoms with van der Waals surface area (Å²) in [6.07, 6.45) is 6.17. The molecule has 1 N–H and O–H groups in total. The third kappa shape index (κ3) is 2.79. The number of benzene rings is 1. The normalized spacial score (nSPS) is 22.6. The van der Waals surface area contributed by atoms with Crippen LogP contribution >= 0.6 is 23.2 Å². The minimum atomic E-state index is -0.0789. The van der Waals surface area contributed by atoms with E-state index in [1.54, 1.807) is 6.08 Å². The van der Waals surface area contributed by atoms with Gasteiger partial charge in [0.1, 0.15) is 17.4 Å². The summed E-state index contributed by atoms with van der Waals surface area (Å²) < 4.78 is 5.51. The molecule has 2 aliphatic rings. The maximum absolute atomic E-state index is 12.0. The van der Waals surface area contributed by atoms with E-state index in [-0.39, 0.29) is 24.4 Å². The van der Waals surface area contributed by atoms with E-state index in [1.807, 2.05) is 6.07 Å². The van der Waals surface area contributed by atoms with E-state index in [0.717, 1.165) is 42.4 Å². The first-order chi connectivity index (χ1) is 11.0. The fourth-order valence-corrected chi connectivity index (χ4v) is 4.46. The van der Waals surface area contributed by atoms with Crippen molar-refractivity contribution in [3.05, 3.63) is 33.3 Å². The number of carbonyl (C=O) groups excluding carboxylic acids is 1. The predicted octanol–water partition coefficient (Wildman–Crippen LogP) is 4.45. The minimum absolute atomic E-state index is 0.00638. The van der Waals surface area contributed by atoms with Gasteiger partial charge in [0, 0.05) is 17.4 Å². The Morgan fingerprint density at radius 3 is 2.83 bits per heavy atom. The zero-order valence-corrected chi connectivity index (χ0v) is 14.6. The highest BCUT2D eigenvalue weighted by Crippen LogP contribution is 2.58. The molecule has 3 nitrogen and oxygen atoms in total. The summed E-state index contributed by atoms with van der Waals surface area (Å²) >= 11 is 12.9. The van der Waals surface area contributed by atoms with Crippen LogP contribution in [0.4, 0.5) is 0 Å². The van der Waals surface area contributed by atoms with Crippen molar-refractivity contribution in [1.29, 1.82) is 0 Å². The number of carbonyl (C=O) groups is 1. The second kappa shape index (κ2) is 6.46. The quantitative estimate of drug-likeness (QED) is 0.849. The Hall–Kier alpha value is -1.03. The zero-order valence-electron chi connectivity index (χ0n) is 13.1. The molecule has 0 fully saturated rings. The molecule has 0 saturated heterocycles. The van der Waals surface area contributed by atoms with Gasteiger partial charge in [-0.25, -0.2) is 0 Å². The molecule has 0 heterocycles. The molecule has 1 aromatic rings. The lowest BCUT2D eigenvalue weighted by Gasteiger charge is -2.33. The molecule has 0 aliphatic heterocycles. The summed E-state index contributed by atoms with van der Waals surface area (Å²) in [5.41, 5.74) is 3.04. The molecule has 0 bridgehead atoms. The lowest BCUT2D eigenvalue weighted by Crippen LogP contribution is -2.25. The first kappa shape index (κ1) is 16.8. The summed E-state index contributed by atoms with van der Waals surface area (Å²) in [6.45, 7) is 2.26. The number of ketones is 1. The van der Waals surface area contributed by atoms with Gasteiger partial charge in [0.15, 0.2) is 5.78 Å². The van der Waals surface area contributed by atoms with Crippen LogP contribution in [0.25, 0.3) is 5.57 Å². The topological polar surface area (TPSA) is 46.5 Å². The van der Waals surface area contributed by atoms with E-state index in [4.69, 9.17) is 33.0 Å². The number of aliphatic hydroxyl groups excluding tert-OH is 1. The third-order valence-electron chi connectivity index (χ3n) is 4.86. The van der Waals surface area contributed by atoms with Crippen molar-refractivity contribution in [3.8, 4) is 5.75 Å². The van der Waals surface area contributed by atoms with Crippen molar-refractivity contribution in [2.75, 3.05) is 13.2 Å². The highest BCUT2D eigenvalue weighted by atomic mass is 35.5. The molecule has 3 rings (SSSR count). The van der Waals surface area contributed by atoms with Crippen molar-refractivity contribution in [3.63, 3.8) is 0 Å². The molecule has 124 valence electrons. The van der Waals surface area contributed by atoms with Crippen LogP contribution in [0.3, 0.4) is 0 Å². The SMILES string of the molecule is CCCC12CCC(=O)C=C1c1c(cc(OCCO)c(Cl)c1Cl)C2. The molecular weight excluding hydrogens is 335 g/mol. The second-order valence-electron chi connectivity index (χ2n) is 6.34. The van der Waals surface area contributed by atoms with E-state index in [2.05, 4.69) is 6.92 Å². The van der Waals surface area contributed by atoms with Gasteiger partial charge < -0.3 is 9.84 Å². The first-order valence-electron chi connectivity index (χ1n) is 8.02. The smallest absolute Gasteiger partial charge is 0.156 e. The Morgan fingerprint density at radius 1 is 1.35 bits per heavy atom. The molecule has 5 heteroatoms. The number of hydrogen-bond acceptors (Lipinski definition) is 3. The Balaban J connectivity index is 2.12. The van der Waals surface area contributed by atoms with Gasteiger partial charge in [0.05, 0.1) is 11.6 Å². The fraction of sp³-hybridized carbons (Fsp3) is 0.500. The number of halogens is 2. The van der Waals surface area contributed by atoms with Crippen LogP contribution in [0.5, 0.6) is 5.75 Å². The molecule has 1 aromatic carbocycles. The number of aliphatic hydroxyl groups is 1. The monoisotopic (exact) mass is 354 g/mol. The van der Waals surface area contributed by atoms with Crippen LogP contribution in [0.1, 0.15) is 43.7 Å². The Morgan fingerprint density at radius 2 is 2.13 bits per heavy atom. The highest BCUT2D eigenvalue weighted by Gasteiger charge is 2.45. The molecular formula is C18H20Cl2O3. The summed E-state index contributed by atoms with van der Waals surface area (Å²) in [5.74, 6) is 0.661. The van der Waals surface area contributed by atoms with Gasteiger partial charge in [-0.05, 0) is 42.5 Å². The Kier molecular flexibility index (Phi) is 4.73. The van der Waals surface area contributed by atoms with Crippen LogP contribution in [0.15, 0.2) is 12.1 Å². The summed E-state index contributed by atoms with van der Waals surface area (Å²) in [4.78, 5) is 12.0. The lowest BCUT2D eigenvalue weighted by atomic mass is 9.70. The average molecular weight is 355 g/mol. The van der Waals surface area contributed by atoms with Gasteiger partial charge in [-0.3, -0.25) is 4.79 Å². The number of hydrogen-bond donors (Lipinski definition) is 1. The van der Waals surface area contributed by atoms with Crippen LogP contribution in [-0.2, 0) is 11.2 Å². The number of ether oxygens (including phenoxy) is 1. The average Bonchev–Trinajstić information content (AvgIpc) is 2.83. The van der Waals surface area contributed by atoms with Crippen molar-refractivity contribution in [2.24, 2.45) is 5.41 Å². The van der Waals surface area contributed by atoms with Crippen LogP contribution in [0.2, 0.25) is 10.0 Å². The first-order valence-corrected chi connectivity index (χ1v) is 8.78. The highest BCUT2D eigenvalue weighted by molar-refractivity contribution is 6.44. The molecule has 0 amide bonds. The third-order valence-corrected chi connectivity index (χ3v) is 5.71. The van der Waals surface area contributed by atoms with Gasteiger partial charge >= 0.3 is 0 Å². The van der Waals surface area contributed by atoms with Gasteiger partial charge in [0.25, 0.3) is 0 Å². The maximum Gasteiger partial charge on any atom is 0.156 e. The van der Waals surface area contributed by atoms with Crippen LogP contribution in [0, 0.1) is 5.41 Å². The van der Waals surface area contributed by atoms with Crippen LogP contribution < -0.4 is 4.74 Å². The summed E-state index contributed by atoms with van der Waals surface area (Å²) in [5, 5.41) is 9.75. The lowest BCUT2D eigenvalue weighted by molar-refractivity contribution is -0.115. The second-order valence-corrected chi connectivity index (χ2v) is 7.10. The van der Waals surface area contributed by atoms with Crippen molar-refractivity contribution < 1.29 is 14.6 Å². The molecule has 0 saturated carbocycles. The molecule has 0 aromatic heterocycles. The Bertz CT molecular complexity index is 681. The van der Waals surface area contributed by atoms with Crippen molar-refractivity contribution >= 4 is 34.6 Å². The van der Waals surface area contributed by atoms with E-state index in [9.17, 15) is 4.79 Å². The van der Waals surface area contributed by atoms with E-state index >= 15 is 0 Å². The van der Waals surface area contributed by atoms with Crippen LogP contribution in [-0.4, -0.2) is 24.1 Å².